The van der Waals surface area contributed by atoms with Crippen molar-refractivity contribution in [3.8, 4) is 5.75 Å². The third-order valence-electron chi connectivity index (χ3n) is 3.65. The van der Waals surface area contributed by atoms with E-state index in [1.165, 1.54) is 0 Å². The molecule has 5 heteroatoms. The van der Waals surface area contributed by atoms with E-state index in [0.29, 0.717) is 12.2 Å². The zero-order chi connectivity index (χ0) is 15.5. The number of nitrogens with zero attached hydrogens (tertiary/aromatic N) is 1. The van der Waals surface area contributed by atoms with Crippen molar-refractivity contribution in [2.75, 3.05) is 7.11 Å². The van der Waals surface area contributed by atoms with Crippen LogP contribution in [0.3, 0.4) is 0 Å². The minimum absolute atomic E-state index is 0.140. The largest absolute Gasteiger partial charge is 0.497 e. The number of aryl methyl sites for hydroxylation is 1. The highest BCUT2D eigenvalue weighted by Gasteiger charge is 2.15. The van der Waals surface area contributed by atoms with Crippen LogP contribution in [-0.2, 0) is 6.54 Å². The van der Waals surface area contributed by atoms with Gasteiger partial charge in [0.15, 0.2) is 0 Å². The minimum Gasteiger partial charge on any atom is -0.497 e. The predicted octanol–water partition coefficient (Wildman–Crippen LogP) is 2.81. The highest BCUT2D eigenvalue weighted by Crippen LogP contribution is 2.25. The zero-order valence-corrected chi connectivity index (χ0v) is 12.5. The van der Waals surface area contributed by atoms with Crippen LogP contribution in [0.25, 0.3) is 10.9 Å². The molecule has 1 aromatic carbocycles. The number of hydrogen-bond donors (Lipinski definition) is 2. The Morgan fingerprint density at radius 1 is 1.32 bits per heavy atom. The second kappa shape index (κ2) is 5.89. The van der Waals surface area contributed by atoms with E-state index in [2.05, 4.69) is 15.3 Å². The summed E-state index contributed by atoms with van der Waals surface area (Å²) in [7, 11) is 1.63. The molecule has 0 atom stereocenters. The summed E-state index contributed by atoms with van der Waals surface area (Å²) in [5, 5.41) is 3.87. The fraction of sp³-hybridized carbons (Fsp3) is 0.176. The average Bonchev–Trinajstić information content (AvgIpc) is 2.90. The van der Waals surface area contributed by atoms with Crippen molar-refractivity contribution in [2.24, 2.45) is 0 Å². The number of ether oxygens (including phenoxy) is 1. The number of benzene rings is 1. The van der Waals surface area contributed by atoms with Crippen molar-refractivity contribution in [1.82, 2.24) is 15.3 Å². The minimum atomic E-state index is -0.140. The topological polar surface area (TPSA) is 67.0 Å². The Morgan fingerprint density at radius 2 is 2.18 bits per heavy atom. The van der Waals surface area contributed by atoms with Crippen LogP contribution in [-0.4, -0.2) is 23.0 Å². The van der Waals surface area contributed by atoms with Crippen LogP contribution in [0, 0.1) is 6.92 Å². The number of amides is 1. The number of hydrogen-bond acceptors (Lipinski definition) is 3. The van der Waals surface area contributed by atoms with Gasteiger partial charge >= 0.3 is 0 Å². The number of pyridine rings is 1. The summed E-state index contributed by atoms with van der Waals surface area (Å²) in [4.78, 5) is 19.7. The molecule has 0 radical (unpaired) electrons. The maximum absolute atomic E-state index is 12.4. The molecule has 0 fully saturated rings. The van der Waals surface area contributed by atoms with Gasteiger partial charge in [-0.15, -0.1) is 0 Å². The summed E-state index contributed by atoms with van der Waals surface area (Å²) in [6.07, 6.45) is 1.71. The number of carbonyl (C=O) groups excluding carboxylic acids is 1. The Morgan fingerprint density at radius 3 is 2.91 bits per heavy atom. The fourth-order valence-electron chi connectivity index (χ4n) is 2.42. The van der Waals surface area contributed by atoms with E-state index in [-0.39, 0.29) is 5.91 Å². The standard InChI is InChI=1S/C17H17N3O2/c1-11-14-9-13(22-2)6-7-15(14)20-16(11)17(21)19-10-12-5-3-4-8-18-12/h3-9,20H,10H2,1-2H3,(H,19,21). The molecule has 0 spiro atoms. The van der Waals surface area contributed by atoms with Crippen LogP contribution in [0.2, 0.25) is 0 Å². The average molecular weight is 295 g/mol. The first-order valence-corrected chi connectivity index (χ1v) is 7.03. The summed E-state index contributed by atoms with van der Waals surface area (Å²) in [5.74, 6) is 0.633. The van der Waals surface area contributed by atoms with Gasteiger partial charge in [-0.05, 0) is 42.8 Å². The lowest BCUT2D eigenvalue weighted by Crippen LogP contribution is -2.24. The number of rotatable bonds is 4. The third kappa shape index (κ3) is 2.65. The van der Waals surface area contributed by atoms with Gasteiger partial charge in [-0.25, -0.2) is 0 Å². The first kappa shape index (κ1) is 14.1. The zero-order valence-electron chi connectivity index (χ0n) is 12.5. The molecule has 0 aliphatic carbocycles. The Balaban J connectivity index is 1.83. The second-order valence-corrected chi connectivity index (χ2v) is 5.04. The maximum atomic E-state index is 12.4. The van der Waals surface area contributed by atoms with Crippen molar-refractivity contribution in [3.63, 3.8) is 0 Å². The van der Waals surface area contributed by atoms with E-state index in [0.717, 1.165) is 27.9 Å². The third-order valence-corrected chi connectivity index (χ3v) is 3.65. The van der Waals surface area contributed by atoms with Crippen LogP contribution in [0.15, 0.2) is 42.6 Å². The molecule has 3 rings (SSSR count). The Hall–Kier alpha value is -2.82. The van der Waals surface area contributed by atoms with E-state index in [4.69, 9.17) is 4.74 Å². The van der Waals surface area contributed by atoms with Crippen molar-refractivity contribution >= 4 is 16.8 Å². The van der Waals surface area contributed by atoms with Gasteiger partial charge in [0.05, 0.1) is 19.3 Å². The van der Waals surface area contributed by atoms with Crippen molar-refractivity contribution in [2.45, 2.75) is 13.5 Å². The summed E-state index contributed by atoms with van der Waals surface area (Å²) < 4.78 is 5.23. The van der Waals surface area contributed by atoms with E-state index >= 15 is 0 Å². The molecule has 0 aliphatic heterocycles. The number of fused-ring (bicyclic) bond motifs is 1. The fourth-order valence-corrected chi connectivity index (χ4v) is 2.42. The number of aromatic amines is 1. The molecular formula is C17H17N3O2. The molecule has 2 heterocycles. The molecule has 22 heavy (non-hydrogen) atoms. The predicted molar refractivity (Wildman–Crippen MR) is 85.0 cm³/mol. The van der Waals surface area contributed by atoms with Gasteiger partial charge in [-0.3, -0.25) is 9.78 Å². The smallest absolute Gasteiger partial charge is 0.268 e. The van der Waals surface area contributed by atoms with E-state index < -0.39 is 0 Å². The van der Waals surface area contributed by atoms with Gasteiger partial charge in [0.2, 0.25) is 0 Å². The number of methoxy groups -OCH3 is 1. The Bertz CT molecular complexity index is 809. The van der Waals surface area contributed by atoms with Crippen LogP contribution in [0.1, 0.15) is 21.7 Å². The number of carbonyl (C=O) groups is 1. The lowest BCUT2D eigenvalue weighted by atomic mass is 10.1. The Kier molecular flexibility index (Phi) is 3.78. The molecule has 0 bridgehead atoms. The summed E-state index contributed by atoms with van der Waals surface area (Å²) in [5.41, 5.74) is 3.22. The van der Waals surface area contributed by atoms with Gasteiger partial charge in [0.1, 0.15) is 11.4 Å². The van der Waals surface area contributed by atoms with Gasteiger partial charge < -0.3 is 15.0 Å². The molecule has 5 nitrogen and oxygen atoms in total. The number of aromatic nitrogens is 2. The molecule has 0 unspecified atom stereocenters. The van der Waals surface area contributed by atoms with Crippen molar-refractivity contribution in [3.05, 3.63) is 59.5 Å². The van der Waals surface area contributed by atoms with Crippen LogP contribution in [0.4, 0.5) is 0 Å². The van der Waals surface area contributed by atoms with Crippen LogP contribution in [0.5, 0.6) is 5.75 Å². The quantitative estimate of drug-likeness (QED) is 0.777. The molecule has 1 amide bonds. The van der Waals surface area contributed by atoms with Crippen molar-refractivity contribution < 1.29 is 9.53 Å². The highest BCUT2D eigenvalue weighted by atomic mass is 16.5. The monoisotopic (exact) mass is 295 g/mol. The SMILES string of the molecule is COc1ccc2[nH]c(C(=O)NCc3ccccn3)c(C)c2c1. The van der Waals surface area contributed by atoms with E-state index in [1.54, 1.807) is 13.3 Å². The molecule has 0 saturated carbocycles. The highest BCUT2D eigenvalue weighted by molar-refractivity contribution is 6.01. The number of H-pyrrole nitrogens is 1. The molecular weight excluding hydrogens is 278 g/mol. The van der Waals surface area contributed by atoms with Crippen molar-refractivity contribution in [1.29, 1.82) is 0 Å². The molecule has 0 aliphatic rings. The molecule has 112 valence electrons. The van der Waals surface area contributed by atoms with Gasteiger partial charge in [0.25, 0.3) is 5.91 Å². The first-order chi connectivity index (χ1) is 10.7. The van der Waals surface area contributed by atoms with Crippen LogP contribution >= 0.6 is 0 Å². The first-order valence-electron chi connectivity index (χ1n) is 7.03. The lowest BCUT2D eigenvalue weighted by Gasteiger charge is -2.04. The van der Waals surface area contributed by atoms with Gasteiger partial charge in [-0.2, -0.15) is 0 Å². The van der Waals surface area contributed by atoms with Crippen LogP contribution < -0.4 is 10.1 Å². The van der Waals surface area contributed by atoms with E-state index in [1.807, 2.05) is 43.3 Å². The lowest BCUT2D eigenvalue weighted by molar-refractivity contribution is 0.0945. The molecule has 2 aromatic heterocycles. The van der Waals surface area contributed by atoms with Gasteiger partial charge in [0, 0.05) is 17.1 Å². The molecule has 3 aromatic rings. The molecule has 0 saturated heterocycles. The summed E-state index contributed by atoms with van der Waals surface area (Å²) >= 11 is 0. The Labute approximate surface area is 128 Å². The number of nitrogens with one attached hydrogen (secondary N) is 2. The summed E-state index contributed by atoms with van der Waals surface area (Å²) in [6.45, 7) is 2.33. The second-order valence-electron chi connectivity index (χ2n) is 5.04. The summed E-state index contributed by atoms with van der Waals surface area (Å²) in [6, 6.07) is 11.3. The maximum Gasteiger partial charge on any atom is 0.268 e. The van der Waals surface area contributed by atoms with Gasteiger partial charge in [-0.1, -0.05) is 6.07 Å². The normalized spacial score (nSPS) is 10.6. The van der Waals surface area contributed by atoms with E-state index in [9.17, 15) is 4.79 Å². The molecule has 2 N–H and O–H groups in total.